The van der Waals surface area contributed by atoms with Crippen LogP contribution in [0.2, 0.25) is 26.6 Å². The van der Waals surface area contributed by atoms with Gasteiger partial charge in [0.05, 0.1) is 0 Å². The molecule has 0 unspecified atom stereocenters. The normalized spacial score (nSPS) is 11.9. The van der Waals surface area contributed by atoms with Gasteiger partial charge in [0.1, 0.15) is 0 Å². The summed E-state index contributed by atoms with van der Waals surface area (Å²) < 4.78 is 19.4. The van der Waals surface area contributed by atoms with E-state index in [0.717, 1.165) is 104 Å². The monoisotopic (exact) mass is 710 g/mol. The van der Waals surface area contributed by atoms with Crippen molar-refractivity contribution in [2.75, 3.05) is 0 Å². The quantitative estimate of drug-likeness (QED) is 0.0784. The van der Waals surface area contributed by atoms with Crippen LogP contribution in [0, 0.1) is 0 Å². The van der Waals surface area contributed by atoms with Crippen LogP contribution in [0.4, 0.5) is 0 Å². The van der Waals surface area contributed by atoms with Crippen molar-refractivity contribution < 1.29 is 15.7 Å². The maximum atomic E-state index is 13.2. The summed E-state index contributed by atoms with van der Waals surface area (Å²) in [4.78, 5) is 26.3. The van der Waals surface area contributed by atoms with Crippen molar-refractivity contribution in [1.29, 1.82) is 0 Å². The average molecular weight is 708 g/mol. The van der Waals surface area contributed by atoms with Crippen molar-refractivity contribution in [3.63, 3.8) is 0 Å². The van der Waals surface area contributed by atoms with Crippen LogP contribution in [-0.2, 0) is 15.7 Å². The molecule has 0 fully saturated rings. The third kappa shape index (κ3) is 15.3. The van der Waals surface area contributed by atoms with E-state index in [1.165, 1.54) is 0 Å². The Kier molecular flexibility index (Phi) is 21.4. The minimum absolute atomic E-state index is 0.000833. The van der Waals surface area contributed by atoms with Crippen molar-refractivity contribution >= 4 is 49.5 Å². The molecule has 0 radical (unpaired) electrons. The van der Waals surface area contributed by atoms with Crippen LogP contribution in [0.25, 0.3) is 0 Å². The molecule has 0 aliphatic rings. The number of hydrogen-bond acceptors (Lipinski definition) is 4. The average Bonchev–Trinajstić information content (AvgIpc) is 2.85. The van der Waals surface area contributed by atoms with Gasteiger partial charge in [0.2, 0.25) is 0 Å². The van der Waals surface area contributed by atoms with Gasteiger partial charge in [0.15, 0.2) is 0 Å². The van der Waals surface area contributed by atoms with Crippen molar-refractivity contribution in [2.45, 2.75) is 152 Å². The van der Waals surface area contributed by atoms with Gasteiger partial charge in [-0.15, -0.1) is 0 Å². The summed E-state index contributed by atoms with van der Waals surface area (Å²) in [5.41, 5.74) is 0.308. The molecule has 0 aromatic heterocycles. The zero-order valence-corrected chi connectivity index (χ0v) is 30.0. The first kappa shape index (κ1) is 35.3. The van der Waals surface area contributed by atoms with Crippen LogP contribution in [0.15, 0.2) is 12.2 Å². The van der Waals surface area contributed by atoms with E-state index in [-0.39, 0.29) is 18.4 Å². The van der Waals surface area contributed by atoms with Crippen molar-refractivity contribution in [1.82, 2.24) is 0 Å². The maximum absolute atomic E-state index is 13.2. The Morgan fingerprint density at radius 2 is 0.829 bits per heavy atom. The fourth-order valence-corrected chi connectivity index (χ4v) is 31.1. The summed E-state index contributed by atoms with van der Waals surface area (Å²) in [6, 6.07) is 0. The molecule has 35 heavy (non-hydrogen) atoms. The van der Waals surface area contributed by atoms with Crippen molar-refractivity contribution in [3.05, 3.63) is 12.2 Å². The number of unbranched alkanes of at least 4 members (excludes halogenated alkanes) is 6. The Balaban J connectivity index is 5.43. The molecule has 0 heterocycles. The van der Waals surface area contributed by atoms with E-state index in [2.05, 4.69) is 48.1 Å². The minimum atomic E-state index is -3.08. The number of rotatable bonds is 23. The van der Waals surface area contributed by atoms with E-state index >= 15 is 0 Å². The summed E-state index contributed by atoms with van der Waals surface area (Å²) >= 11 is -6.13. The summed E-state index contributed by atoms with van der Waals surface area (Å²) in [5.74, 6) is -0.528. The molecule has 0 aromatic carbocycles. The van der Waals surface area contributed by atoms with Gasteiger partial charge in [-0.05, 0) is 0 Å². The second-order valence-corrected chi connectivity index (χ2v) is 33.9. The summed E-state index contributed by atoms with van der Waals surface area (Å²) in [6.07, 6.45) is 13.6. The first-order chi connectivity index (χ1) is 16.8. The van der Waals surface area contributed by atoms with Crippen molar-refractivity contribution in [3.8, 4) is 0 Å². The van der Waals surface area contributed by atoms with E-state index in [0.29, 0.717) is 5.57 Å². The first-order valence-corrected chi connectivity index (χ1v) is 29.3. The molecule has 0 aliphatic carbocycles. The molecule has 0 saturated carbocycles. The Labute approximate surface area is 227 Å². The van der Waals surface area contributed by atoms with E-state index in [9.17, 15) is 9.59 Å². The Morgan fingerprint density at radius 3 is 1.11 bits per heavy atom. The van der Waals surface area contributed by atoms with Gasteiger partial charge in [0.25, 0.3) is 0 Å². The van der Waals surface area contributed by atoms with Crippen LogP contribution in [0.1, 0.15) is 125 Å². The van der Waals surface area contributed by atoms with Crippen LogP contribution >= 0.6 is 0 Å². The molecular formula is C29H58O4Sn2. The van der Waals surface area contributed by atoms with Gasteiger partial charge in [-0.2, -0.15) is 0 Å². The van der Waals surface area contributed by atoms with E-state index in [1.807, 2.05) is 0 Å². The number of carbonyl (C=O) groups is 2. The molecule has 4 nitrogen and oxygen atoms in total. The molecule has 0 saturated heterocycles. The van der Waals surface area contributed by atoms with Crippen LogP contribution in [0.5, 0.6) is 0 Å². The fraction of sp³-hybridized carbons (Fsp3) is 0.862. The summed E-state index contributed by atoms with van der Waals surface area (Å²) in [6.45, 7) is 17.3. The van der Waals surface area contributed by atoms with Gasteiger partial charge in [0, 0.05) is 0 Å². The molecule has 0 N–H and O–H groups in total. The van der Waals surface area contributed by atoms with Crippen LogP contribution < -0.4 is 0 Å². The molecule has 0 rings (SSSR count). The second kappa shape index (κ2) is 21.2. The molecule has 206 valence electrons. The molecule has 0 atom stereocenters. The molecule has 0 aliphatic heterocycles. The number of carbonyl (C=O) groups excluding carboxylic acids is 2. The number of hydrogen-bond donors (Lipinski definition) is 0. The molecular weight excluding hydrogens is 650 g/mol. The molecule has 0 bridgehead atoms. The van der Waals surface area contributed by atoms with E-state index < -0.39 is 37.6 Å². The van der Waals surface area contributed by atoms with Gasteiger partial charge in [-0.3, -0.25) is 0 Å². The van der Waals surface area contributed by atoms with Crippen LogP contribution in [-0.4, -0.2) is 49.5 Å². The summed E-state index contributed by atoms with van der Waals surface area (Å²) in [7, 11) is 0. The molecule has 0 amide bonds. The summed E-state index contributed by atoms with van der Waals surface area (Å²) in [5, 5.41) is 0. The SMILES string of the molecule is C=C(CC(=O)[O][Sn]([CH2]CCC)([CH2]CCC)[CH2]CCC)C(=O)[O][Sn]([CH2]CCC)([CH2]CCC)[CH2]CCC. The predicted molar refractivity (Wildman–Crippen MR) is 156 cm³/mol. The van der Waals surface area contributed by atoms with Gasteiger partial charge in [-0.1, -0.05) is 0 Å². The molecule has 0 aromatic rings. The fourth-order valence-electron chi connectivity index (χ4n) is 4.84. The van der Waals surface area contributed by atoms with Crippen molar-refractivity contribution in [2.24, 2.45) is 0 Å². The standard InChI is InChI=1S/C5H6O4.6C4H9.2Sn/c1-3(5(8)9)2-4(6)7;6*1-3-4-2;;/h1-2H2,(H,6,7)(H,8,9);6*1,3-4H2,2H3;;/q;;;;;;;2*+1/p-2. The second-order valence-electron chi connectivity index (χ2n) is 10.6. The third-order valence-electron chi connectivity index (χ3n) is 7.20. The van der Waals surface area contributed by atoms with Gasteiger partial charge < -0.3 is 0 Å². The topological polar surface area (TPSA) is 52.6 Å². The van der Waals surface area contributed by atoms with Gasteiger partial charge >= 0.3 is 229 Å². The molecule has 0 spiro atoms. The Hall–Kier alpha value is 0.277. The first-order valence-electron chi connectivity index (χ1n) is 14.9. The van der Waals surface area contributed by atoms with Crippen LogP contribution in [0.3, 0.4) is 0 Å². The van der Waals surface area contributed by atoms with E-state index in [1.54, 1.807) is 0 Å². The predicted octanol–water partition coefficient (Wildman–Crippen LogP) is 9.71. The third-order valence-corrected chi connectivity index (χ3v) is 32.5. The Bertz CT molecular complexity index is 548. The Morgan fingerprint density at radius 1 is 0.543 bits per heavy atom. The van der Waals surface area contributed by atoms with E-state index in [4.69, 9.17) is 6.15 Å². The zero-order valence-electron chi connectivity index (χ0n) is 24.3. The molecule has 6 heteroatoms. The van der Waals surface area contributed by atoms with Gasteiger partial charge in [-0.25, -0.2) is 0 Å². The zero-order chi connectivity index (χ0) is 26.6.